The van der Waals surface area contributed by atoms with Crippen molar-refractivity contribution in [2.45, 2.75) is 12.2 Å². The molecule has 0 radical (unpaired) electrons. The molecule has 0 amide bonds. The van der Waals surface area contributed by atoms with Gasteiger partial charge in [0.15, 0.2) is 0 Å². The highest BCUT2D eigenvalue weighted by Crippen LogP contribution is 2.31. The minimum atomic E-state index is -1.69. The summed E-state index contributed by atoms with van der Waals surface area (Å²) in [5.74, 6) is -1.58. The smallest absolute Gasteiger partial charge is 0.336 e. The first-order valence-electron chi connectivity index (χ1n) is 4.87. The minimum Gasteiger partial charge on any atom is -0.478 e. The van der Waals surface area contributed by atoms with E-state index in [0.717, 1.165) is 12.1 Å². The van der Waals surface area contributed by atoms with Crippen molar-refractivity contribution in [1.29, 1.82) is 0 Å². The van der Waals surface area contributed by atoms with Gasteiger partial charge in [-0.1, -0.05) is 6.07 Å². The number of aromatic carboxylic acids is 1. The first-order chi connectivity index (χ1) is 8.40. The van der Waals surface area contributed by atoms with Gasteiger partial charge in [-0.05, 0) is 6.07 Å². The molecule has 8 heteroatoms. The number of nitrogens with zero attached hydrogens (tertiary/aromatic N) is 1. The molecule has 98 valence electrons. The molecule has 7 nitrogen and oxygen atoms in total. The SMILES string of the molecule is O=C(O)c1cccc([N+](=O)[O-])c1C(O)C(O)CS. The summed E-state index contributed by atoms with van der Waals surface area (Å²) < 4.78 is 0. The molecule has 0 saturated heterocycles. The predicted octanol–water partition coefficient (Wildman–Crippen LogP) is 0.617. The molecule has 1 aromatic carbocycles. The Bertz CT molecular complexity index is 445. The van der Waals surface area contributed by atoms with Crippen LogP contribution in [-0.2, 0) is 0 Å². The molecule has 0 fully saturated rings. The van der Waals surface area contributed by atoms with E-state index in [2.05, 4.69) is 12.6 Å². The molecular weight excluding hydrogens is 262 g/mol. The topological polar surface area (TPSA) is 121 Å². The molecule has 0 aromatic heterocycles. The Hall–Kier alpha value is -1.64. The average Bonchev–Trinajstić information content (AvgIpc) is 2.35. The standard InChI is InChI=1S/C10H11NO6S/c12-7(4-18)9(13)8-5(10(14)15)2-1-3-6(8)11(16)17/h1-3,7,9,12-13,18H,4H2,(H,14,15). The van der Waals surface area contributed by atoms with Gasteiger partial charge in [-0.3, -0.25) is 10.1 Å². The maximum absolute atomic E-state index is 11.0. The Labute approximate surface area is 107 Å². The molecule has 0 aliphatic carbocycles. The van der Waals surface area contributed by atoms with Crippen molar-refractivity contribution in [1.82, 2.24) is 0 Å². The van der Waals surface area contributed by atoms with Crippen molar-refractivity contribution in [2.75, 3.05) is 5.75 Å². The number of aliphatic hydroxyl groups excluding tert-OH is 2. The van der Waals surface area contributed by atoms with Crippen LogP contribution >= 0.6 is 12.6 Å². The lowest BCUT2D eigenvalue weighted by atomic mass is 9.97. The third-order valence-electron chi connectivity index (χ3n) is 2.36. The molecule has 0 bridgehead atoms. The van der Waals surface area contributed by atoms with Crippen LogP contribution in [0, 0.1) is 10.1 Å². The van der Waals surface area contributed by atoms with Gasteiger partial charge in [0.2, 0.25) is 0 Å². The molecule has 3 N–H and O–H groups in total. The zero-order chi connectivity index (χ0) is 13.9. The third-order valence-corrected chi connectivity index (χ3v) is 2.73. The fraction of sp³-hybridized carbons (Fsp3) is 0.300. The normalized spacial score (nSPS) is 13.9. The molecule has 0 saturated carbocycles. The van der Waals surface area contributed by atoms with Gasteiger partial charge in [-0.25, -0.2) is 4.79 Å². The van der Waals surface area contributed by atoms with E-state index in [0.29, 0.717) is 0 Å². The van der Waals surface area contributed by atoms with Gasteiger partial charge in [0.1, 0.15) is 6.10 Å². The second-order valence-electron chi connectivity index (χ2n) is 3.50. The molecule has 0 aliphatic rings. The predicted molar refractivity (Wildman–Crippen MR) is 64.9 cm³/mol. The van der Waals surface area contributed by atoms with E-state index in [4.69, 9.17) is 5.11 Å². The summed E-state index contributed by atoms with van der Waals surface area (Å²) in [6.07, 6.45) is -3.08. The highest BCUT2D eigenvalue weighted by molar-refractivity contribution is 7.80. The number of benzene rings is 1. The molecule has 0 spiro atoms. The van der Waals surface area contributed by atoms with E-state index in [1.54, 1.807) is 0 Å². The van der Waals surface area contributed by atoms with Gasteiger partial charge >= 0.3 is 5.97 Å². The first-order valence-corrected chi connectivity index (χ1v) is 5.51. The maximum atomic E-state index is 11.0. The monoisotopic (exact) mass is 273 g/mol. The second-order valence-corrected chi connectivity index (χ2v) is 3.86. The van der Waals surface area contributed by atoms with Gasteiger partial charge < -0.3 is 15.3 Å². The van der Waals surface area contributed by atoms with Crippen LogP contribution in [0.4, 0.5) is 5.69 Å². The van der Waals surface area contributed by atoms with E-state index in [1.165, 1.54) is 6.07 Å². The van der Waals surface area contributed by atoms with Crippen LogP contribution in [0.15, 0.2) is 18.2 Å². The number of nitro benzene ring substituents is 1. The number of carboxylic acid groups (broad SMARTS) is 1. The maximum Gasteiger partial charge on any atom is 0.336 e. The fourth-order valence-corrected chi connectivity index (χ4v) is 1.70. The molecule has 1 aromatic rings. The van der Waals surface area contributed by atoms with Gasteiger partial charge in [-0.15, -0.1) is 0 Å². The Morgan fingerprint density at radius 3 is 2.50 bits per heavy atom. The van der Waals surface area contributed by atoms with Gasteiger partial charge in [-0.2, -0.15) is 12.6 Å². The quantitative estimate of drug-likeness (QED) is 0.354. The Morgan fingerprint density at radius 2 is 2.06 bits per heavy atom. The van der Waals surface area contributed by atoms with Crippen molar-refractivity contribution in [2.24, 2.45) is 0 Å². The van der Waals surface area contributed by atoms with Crippen LogP contribution in [0.1, 0.15) is 22.0 Å². The van der Waals surface area contributed by atoms with E-state index >= 15 is 0 Å². The van der Waals surface area contributed by atoms with Crippen LogP contribution in [0.25, 0.3) is 0 Å². The molecule has 2 unspecified atom stereocenters. The Balaban J connectivity index is 3.44. The van der Waals surface area contributed by atoms with Crippen LogP contribution in [0.3, 0.4) is 0 Å². The number of carboxylic acids is 1. The summed E-state index contributed by atoms with van der Waals surface area (Å²) in [7, 11) is 0. The average molecular weight is 273 g/mol. The summed E-state index contributed by atoms with van der Waals surface area (Å²) in [4.78, 5) is 21.0. The molecule has 1 rings (SSSR count). The van der Waals surface area contributed by atoms with Crippen LogP contribution < -0.4 is 0 Å². The lowest BCUT2D eigenvalue weighted by Gasteiger charge is -2.17. The number of rotatable bonds is 5. The van der Waals surface area contributed by atoms with Crippen molar-refractivity contribution < 1.29 is 25.0 Å². The molecule has 2 atom stereocenters. The molecule has 0 aliphatic heterocycles. The molecule has 0 heterocycles. The fourth-order valence-electron chi connectivity index (χ4n) is 1.50. The highest BCUT2D eigenvalue weighted by atomic mass is 32.1. The van der Waals surface area contributed by atoms with Gasteiger partial charge in [0, 0.05) is 11.8 Å². The van der Waals surface area contributed by atoms with Crippen molar-refractivity contribution in [3.05, 3.63) is 39.4 Å². The highest BCUT2D eigenvalue weighted by Gasteiger charge is 2.30. The van der Waals surface area contributed by atoms with Crippen molar-refractivity contribution >= 4 is 24.3 Å². The number of thiol groups is 1. The third kappa shape index (κ3) is 2.78. The summed E-state index contributed by atoms with van der Waals surface area (Å²) in [6.45, 7) is 0. The number of hydrogen-bond donors (Lipinski definition) is 4. The van der Waals surface area contributed by atoms with E-state index < -0.39 is 39.9 Å². The number of nitro groups is 1. The van der Waals surface area contributed by atoms with E-state index in [1.807, 2.05) is 0 Å². The Morgan fingerprint density at radius 1 is 1.44 bits per heavy atom. The second kappa shape index (κ2) is 5.80. The zero-order valence-corrected chi connectivity index (χ0v) is 9.95. The van der Waals surface area contributed by atoms with Gasteiger partial charge in [0.25, 0.3) is 5.69 Å². The number of carbonyl (C=O) groups is 1. The lowest BCUT2D eigenvalue weighted by Crippen LogP contribution is -2.23. The molecule has 18 heavy (non-hydrogen) atoms. The zero-order valence-electron chi connectivity index (χ0n) is 9.05. The molecular formula is C10H11NO6S. The minimum absolute atomic E-state index is 0.160. The van der Waals surface area contributed by atoms with E-state index in [-0.39, 0.29) is 5.75 Å². The first kappa shape index (κ1) is 14.4. The van der Waals surface area contributed by atoms with Crippen molar-refractivity contribution in [3.63, 3.8) is 0 Å². The number of hydrogen-bond acceptors (Lipinski definition) is 6. The largest absolute Gasteiger partial charge is 0.478 e. The summed E-state index contributed by atoms with van der Waals surface area (Å²) in [5.41, 5.74) is -1.39. The Kier molecular flexibility index (Phi) is 4.65. The van der Waals surface area contributed by atoms with Crippen LogP contribution in [0.5, 0.6) is 0 Å². The number of aliphatic hydroxyl groups is 2. The van der Waals surface area contributed by atoms with Crippen LogP contribution in [0.2, 0.25) is 0 Å². The van der Waals surface area contributed by atoms with E-state index in [9.17, 15) is 25.1 Å². The van der Waals surface area contributed by atoms with Crippen LogP contribution in [-0.4, -0.2) is 38.1 Å². The van der Waals surface area contributed by atoms with Gasteiger partial charge in [0.05, 0.1) is 22.2 Å². The lowest BCUT2D eigenvalue weighted by molar-refractivity contribution is -0.386. The summed E-state index contributed by atoms with van der Waals surface area (Å²) >= 11 is 3.75. The summed E-state index contributed by atoms with van der Waals surface area (Å²) in [5, 5.41) is 39.0. The summed E-state index contributed by atoms with van der Waals surface area (Å²) in [6, 6.07) is 3.39. The van der Waals surface area contributed by atoms with Crippen molar-refractivity contribution in [3.8, 4) is 0 Å².